The zero-order chi connectivity index (χ0) is 20.4. The minimum atomic E-state index is 0.249. The molecule has 2 aromatic heterocycles. The van der Waals surface area contributed by atoms with E-state index in [1.807, 2.05) is 18.2 Å². The normalized spacial score (nSPS) is 20.0. The molecule has 1 aromatic carbocycles. The molecule has 0 unspecified atom stereocenters. The summed E-state index contributed by atoms with van der Waals surface area (Å²) in [6.07, 6.45) is 2.25. The van der Waals surface area contributed by atoms with Gasteiger partial charge in [0.05, 0.1) is 30.6 Å². The van der Waals surface area contributed by atoms with Gasteiger partial charge in [0.25, 0.3) is 5.89 Å². The van der Waals surface area contributed by atoms with Gasteiger partial charge in [0.1, 0.15) is 5.75 Å². The first-order valence-electron chi connectivity index (χ1n) is 9.83. The smallest absolute Gasteiger partial charge is 0.259 e. The van der Waals surface area contributed by atoms with Gasteiger partial charge < -0.3 is 14.0 Å². The van der Waals surface area contributed by atoms with Gasteiger partial charge in [-0.1, -0.05) is 11.2 Å². The van der Waals surface area contributed by atoms with E-state index in [1.54, 1.807) is 20.2 Å². The molecule has 0 amide bonds. The van der Waals surface area contributed by atoms with Crippen molar-refractivity contribution in [2.75, 3.05) is 20.2 Å². The van der Waals surface area contributed by atoms with Crippen molar-refractivity contribution < 1.29 is 14.0 Å². The van der Waals surface area contributed by atoms with Crippen LogP contribution in [0.25, 0.3) is 22.7 Å². The van der Waals surface area contributed by atoms with Crippen molar-refractivity contribution in [3.05, 3.63) is 47.9 Å². The van der Waals surface area contributed by atoms with Gasteiger partial charge in [0, 0.05) is 31.4 Å². The second-order valence-electron chi connectivity index (χ2n) is 7.56. The van der Waals surface area contributed by atoms with Gasteiger partial charge in [-0.3, -0.25) is 9.88 Å². The highest BCUT2D eigenvalue weighted by Gasteiger charge is 2.22. The summed E-state index contributed by atoms with van der Waals surface area (Å²) in [4.78, 5) is 11.3. The third kappa shape index (κ3) is 4.46. The van der Waals surface area contributed by atoms with Crippen molar-refractivity contribution >= 4 is 0 Å². The average Bonchev–Trinajstić information content (AvgIpc) is 3.14. The van der Waals surface area contributed by atoms with Crippen LogP contribution in [0.3, 0.4) is 0 Å². The minimum Gasteiger partial charge on any atom is -0.496 e. The topological polar surface area (TPSA) is 73.5 Å². The molecule has 152 valence electrons. The molecule has 7 heteroatoms. The molecule has 1 aliphatic heterocycles. The second kappa shape index (κ2) is 8.31. The van der Waals surface area contributed by atoms with Crippen LogP contribution in [-0.4, -0.2) is 52.4 Å². The van der Waals surface area contributed by atoms with Crippen molar-refractivity contribution in [2.24, 2.45) is 0 Å². The Labute approximate surface area is 170 Å². The second-order valence-corrected chi connectivity index (χ2v) is 7.56. The zero-order valence-corrected chi connectivity index (χ0v) is 17.3. The first-order chi connectivity index (χ1) is 14.0. The monoisotopic (exact) mass is 394 g/mol. The maximum atomic E-state index is 5.84. The summed E-state index contributed by atoms with van der Waals surface area (Å²) in [5.74, 6) is 1.87. The first-order valence-corrected chi connectivity index (χ1v) is 9.83. The fraction of sp³-hybridized carbons (Fsp3) is 0.409. The van der Waals surface area contributed by atoms with E-state index in [4.69, 9.17) is 14.0 Å². The number of methoxy groups -OCH3 is 1. The molecule has 1 fully saturated rings. The Morgan fingerprint density at radius 1 is 1.14 bits per heavy atom. The molecule has 0 aliphatic carbocycles. The molecule has 2 atom stereocenters. The first kappa shape index (κ1) is 19.5. The van der Waals surface area contributed by atoms with E-state index in [0.717, 1.165) is 42.2 Å². The summed E-state index contributed by atoms with van der Waals surface area (Å²) in [5, 5.41) is 3.83. The summed E-state index contributed by atoms with van der Waals surface area (Å²) in [7, 11) is 1.68. The lowest BCUT2D eigenvalue weighted by Gasteiger charge is -2.35. The lowest BCUT2D eigenvalue weighted by molar-refractivity contribution is -0.0704. The number of benzene rings is 1. The fourth-order valence-corrected chi connectivity index (χ4v) is 3.82. The van der Waals surface area contributed by atoms with Crippen LogP contribution in [0.1, 0.15) is 25.2 Å². The third-order valence-electron chi connectivity index (χ3n) is 4.98. The largest absolute Gasteiger partial charge is 0.496 e. The highest BCUT2D eigenvalue weighted by molar-refractivity contribution is 5.69. The van der Waals surface area contributed by atoms with Gasteiger partial charge in [0.15, 0.2) is 5.82 Å². The van der Waals surface area contributed by atoms with E-state index in [2.05, 4.69) is 46.0 Å². The van der Waals surface area contributed by atoms with Gasteiger partial charge >= 0.3 is 0 Å². The van der Waals surface area contributed by atoms with E-state index in [9.17, 15) is 0 Å². The fourth-order valence-electron chi connectivity index (χ4n) is 3.82. The SMILES string of the molecule is COc1ccc(CN2C[C@@H](C)O[C@@H](C)C2)cc1-c1ccc(-c2nc(C)no2)cn1. The molecular weight excluding hydrogens is 368 g/mol. The summed E-state index contributed by atoms with van der Waals surface area (Å²) >= 11 is 0. The Bertz CT molecular complexity index is 960. The van der Waals surface area contributed by atoms with Crippen molar-refractivity contribution in [3.8, 4) is 28.5 Å². The number of aryl methyl sites for hydroxylation is 1. The number of ether oxygens (including phenoxy) is 2. The highest BCUT2D eigenvalue weighted by Crippen LogP contribution is 2.31. The number of morpholine rings is 1. The van der Waals surface area contributed by atoms with Crippen molar-refractivity contribution in [3.63, 3.8) is 0 Å². The average molecular weight is 394 g/mol. The molecule has 0 saturated carbocycles. The number of hydrogen-bond acceptors (Lipinski definition) is 7. The third-order valence-corrected chi connectivity index (χ3v) is 4.98. The number of pyridine rings is 1. The van der Waals surface area contributed by atoms with E-state index in [1.165, 1.54) is 5.56 Å². The van der Waals surface area contributed by atoms with Gasteiger partial charge in [-0.15, -0.1) is 0 Å². The van der Waals surface area contributed by atoms with Gasteiger partial charge in [-0.05, 0) is 50.6 Å². The van der Waals surface area contributed by atoms with Crippen LogP contribution in [0.5, 0.6) is 5.75 Å². The van der Waals surface area contributed by atoms with Crippen molar-refractivity contribution in [1.82, 2.24) is 20.0 Å². The molecule has 7 nitrogen and oxygen atoms in total. The maximum Gasteiger partial charge on any atom is 0.259 e. The van der Waals surface area contributed by atoms with E-state index in [0.29, 0.717) is 11.7 Å². The van der Waals surface area contributed by atoms with Crippen molar-refractivity contribution in [2.45, 2.75) is 39.5 Å². The lowest BCUT2D eigenvalue weighted by Crippen LogP contribution is -2.44. The summed E-state index contributed by atoms with van der Waals surface area (Å²) < 4.78 is 16.6. The zero-order valence-electron chi connectivity index (χ0n) is 17.3. The van der Waals surface area contributed by atoms with Crippen LogP contribution >= 0.6 is 0 Å². The quantitative estimate of drug-likeness (QED) is 0.653. The predicted octanol–water partition coefficient (Wildman–Crippen LogP) is 3.72. The molecule has 29 heavy (non-hydrogen) atoms. The molecule has 4 rings (SSSR count). The molecule has 0 N–H and O–H groups in total. The number of aromatic nitrogens is 3. The van der Waals surface area contributed by atoms with Gasteiger partial charge in [-0.25, -0.2) is 0 Å². The Kier molecular flexibility index (Phi) is 5.60. The van der Waals surface area contributed by atoms with Crippen LogP contribution in [0.2, 0.25) is 0 Å². The van der Waals surface area contributed by atoms with Gasteiger partial charge in [0.2, 0.25) is 0 Å². The Morgan fingerprint density at radius 3 is 2.55 bits per heavy atom. The summed E-state index contributed by atoms with van der Waals surface area (Å²) in [6.45, 7) is 8.77. The van der Waals surface area contributed by atoms with Gasteiger partial charge in [-0.2, -0.15) is 4.98 Å². The van der Waals surface area contributed by atoms with Crippen LogP contribution < -0.4 is 4.74 Å². The predicted molar refractivity (Wildman–Crippen MR) is 110 cm³/mol. The van der Waals surface area contributed by atoms with Crippen LogP contribution in [0.4, 0.5) is 0 Å². The summed E-state index contributed by atoms with van der Waals surface area (Å²) in [5.41, 5.74) is 3.82. The molecule has 0 bridgehead atoms. The highest BCUT2D eigenvalue weighted by atomic mass is 16.5. The Hall–Kier alpha value is -2.77. The number of rotatable bonds is 5. The number of hydrogen-bond donors (Lipinski definition) is 0. The minimum absolute atomic E-state index is 0.249. The Balaban J connectivity index is 1.58. The molecular formula is C22H26N4O3. The van der Waals surface area contributed by atoms with Crippen LogP contribution in [0.15, 0.2) is 41.1 Å². The van der Waals surface area contributed by atoms with Crippen LogP contribution in [-0.2, 0) is 11.3 Å². The molecule has 3 aromatic rings. The molecule has 3 heterocycles. The lowest BCUT2D eigenvalue weighted by atomic mass is 10.0. The number of nitrogens with zero attached hydrogens (tertiary/aromatic N) is 4. The van der Waals surface area contributed by atoms with E-state index >= 15 is 0 Å². The molecule has 0 spiro atoms. The van der Waals surface area contributed by atoms with Crippen LogP contribution in [0, 0.1) is 6.92 Å². The maximum absolute atomic E-state index is 5.84. The van der Waals surface area contributed by atoms with Crippen molar-refractivity contribution in [1.29, 1.82) is 0 Å². The van der Waals surface area contributed by atoms with E-state index < -0.39 is 0 Å². The standard InChI is InChI=1S/C22H26N4O3/c1-14-11-26(12-15(2)28-14)13-17-5-8-21(27-4)19(9-17)20-7-6-18(10-23-20)22-24-16(3)25-29-22/h5-10,14-15H,11-13H2,1-4H3/t14-,15+. The molecule has 1 saturated heterocycles. The summed E-state index contributed by atoms with van der Waals surface area (Å²) in [6, 6.07) is 10.2. The molecule has 0 radical (unpaired) electrons. The van der Waals surface area contributed by atoms with E-state index in [-0.39, 0.29) is 12.2 Å². The molecule has 1 aliphatic rings. The Morgan fingerprint density at radius 2 is 1.93 bits per heavy atom.